The Morgan fingerprint density at radius 2 is 0.965 bits per heavy atom. The van der Waals surface area contributed by atoms with E-state index >= 15 is 0 Å². The zero-order chi connectivity index (χ0) is 38.7. The van der Waals surface area contributed by atoms with Gasteiger partial charge in [0.05, 0.1) is 0 Å². The molecule has 1 unspecified atom stereocenters. The van der Waals surface area contributed by atoms with E-state index < -0.39 is 0 Å². The van der Waals surface area contributed by atoms with E-state index in [1.54, 1.807) is 0 Å². The minimum absolute atomic E-state index is 0.133. The minimum Gasteiger partial charge on any atom is -0.310 e. The number of anilines is 3. The SMILES string of the molecule is CC1(C)c2cc(N(c3ccccc3)c3ccccc3)ccc2-c2cc3c(cc21)-c1c(cc(CCC(Cc2ccccc2)c2ccccc2)c2ccccc12)C3(C)C. The molecule has 0 aromatic heterocycles. The van der Waals surface area contributed by atoms with Crippen LogP contribution in [0.25, 0.3) is 33.0 Å². The first-order chi connectivity index (χ1) is 27.8. The lowest BCUT2D eigenvalue weighted by atomic mass is 9.78. The van der Waals surface area contributed by atoms with Crippen molar-refractivity contribution in [3.8, 4) is 22.3 Å². The van der Waals surface area contributed by atoms with Crippen molar-refractivity contribution in [3.63, 3.8) is 0 Å². The van der Waals surface area contributed by atoms with Gasteiger partial charge in [-0.25, -0.2) is 0 Å². The second kappa shape index (κ2) is 13.8. The molecule has 8 aromatic carbocycles. The van der Waals surface area contributed by atoms with Crippen molar-refractivity contribution in [3.05, 3.63) is 221 Å². The van der Waals surface area contributed by atoms with Crippen LogP contribution in [0, 0.1) is 0 Å². The van der Waals surface area contributed by atoms with Gasteiger partial charge in [0.1, 0.15) is 0 Å². The van der Waals surface area contributed by atoms with Gasteiger partial charge in [-0.05, 0) is 146 Å². The van der Waals surface area contributed by atoms with Crippen molar-refractivity contribution < 1.29 is 0 Å². The van der Waals surface area contributed by atoms with E-state index in [1.165, 1.54) is 77.7 Å². The highest BCUT2D eigenvalue weighted by Crippen LogP contribution is 2.58. The summed E-state index contributed by atoms with van der Waals surface area (Å²) in [4.78, 5) is 2.38. The molecule has 2 aliphatic carbocycles. The summed E-state index contributed by atoms with van der Waals surface area (Å²) in [5.74, 6) is 0.448. The fourth-order valence-electron chi connectivity index (χ4n) is 10.2. The first-order valence-electron chi connectivity index (χ1n) is 20.7. The third kappa shape index (κ3) is 5.91. The Bertz CT molecular complexity index is 2700. The molecule has 1 nitrogen and oxygen atoms in total. The quantitative estimate of drug-likeness (QED) is 0.143. The molecule has 2 aliphatic rings. The molecule has 0 heterocycles. The van der Waals surface area contributed by atoms with E-state index in [0.29, 0.717) is 5.92 Å². The third-order valence-electron chi connectivity index (χ3n) is 13.2. The lowest BCUT2D eigenvalue weighted by Gasteiger charge is -2.28. The summed E-state index contributed by atoms with van der Waals surface area (Å²) in [5, 5.41) is 2.77. The second-order valence-electron chi connectivity index (χ2n) is 17.3. The maximum atomic E-state index is 2.58. The number of aryl methyl sites for hydroxylation is 1. The van der Waals surface area contributed by atoms with E-state index in [-0.39, 0.29) is 10.8 Å². The molecule has 0 amide bonds. The zero-order valence-corrected chi connectivity index (χ0v) is 33.5. The Balaban J connectivity index is 1.05. The molecule has 1 heteroatoms. The highest BCUT2D eigenvalue weighted by Gasteiger charge is 2.42. The Morgan fingerprint density at radius 1 is 0.439 bits per heavy atom. The maximum Gasteiger partial charge on any atom is 0.0465 e. The maximum absolute atomic E-state index is 2.58. The van der Waals surface area contributed by atoms with E-state index in [9.17, 15) is 0 Å². The average molecular weight is 736 g/mol. The lowest BCUT2D eigenvalue weighted by molar-refractivity contribution is 0.620. The van der Waals surface area contributed by atoms with E-state index in [1.807, 2.05) is 0 Å². The molecule has 0 saturated carbocycles. The van der Waals surface area contributed by atoms with Crippen LogP contribution >= 0.6 is 0 Å². The number of hydrogen-bond acceptors (Lipinski definition) is 1. The van der Waals surface area contributed by atoms with Gasteiger partial charge in [0, 0.05) is 27.9 Å². The van der Waals surface area contributed by atoms with E-state index in [2.05, 4.69) is 215 Å². The Kier molecular flexibility index (Phi) is 8.52. The summed E-state index contributed by atoms with van der Waals surface area (Å²) in [5.41, 5.74) is 18.8. The van der Waals surface area contributed by atoms with E-state index in [0.717, 1.165) is 30.6 Å². The molecular weight excluding hydrogens is 687 g/mol. The van der Waals surface area contributed by atoms with Crippen LogP contribution in [-0.2, 0) is 23.7 Å². The Hall–Kier alpha value is -6.18. The van der Waals surface area contributed by atoms with Gasteiger partial charge >= 0.3 is 0 Å². The molecule has 0 N–H and O–H groups in total. The largest absolute Gasteiger partial charge is 0.310 e. The van der Waals surface area contributed by atoms with Crippen LogP contribution in [0.4, 0.5) is 17.1 Å². The van der Waals surface area contributed by atoms with Crippen LogP contribution in [-0.4, -0.2) is 0 Å². The predicted molar refractivity (Wildman–Crippen MR) is 241 cm³/mol. The third-order valence-corrected chi connectivity index (χ3v) is 13.2. The minimum atomic E-state index is -0.164. The molecule has 57 heavy (non-hydrogen) atoms. The van der Waals surface area contributed by atoms with Crippen molar-refractivity contribution in [2.24, 2.45) is 0 Å². The molecule has 278 valence electrons. The molecule has 0 radical (unpaired) electrons. The summed E-state index contributed by atoms with van der Waals surface area (Å²) in [6, 6.07) is 67.7. The molecule has 10 rings (SSSR count). The lowest BCUT2D eigenvalue weighted by Crippen LogP contribution is -2.17. The Labute approximate surface area is 338 Å². The number of hydrogen-bond donors (Lipinski definition) is 0. The van der Waals surface area contributed by atoms with Crippen molar-refractivity contribution in [2.45, 2.75) is 63.7 Å². The predicted octanol–water partition coefficient (Wildman–Crippen LogP) is 14.9. The molecular formula is C56H49N. The van der Waals surface area contributed by atoms with Crippen LogP contribution in [0.2, 0.25) is 0 Å². The van der Waals surface area contributed by atoms with E-state index in [4.69, 9.17) is 0 Å². The highest BCUT2D eigenvalue weighted by molar-refractivity contribution is 6.05. The van der Waals surface area contributed by atoms with Gasteiger partial charge in [0.25, 0.3) is 0 Å². The number of fused-ring (bicyclic) bond motifs is 8. The summed E-state index contributed by atoms with van der Waals surface area (Å²) >= 11 is 0. The standard InChI is InChI=1S/C56H49N/c1-55(2)50-35-44(57(42-23-13-7-14-24-42)43-25-15-8-16-26-43)31-32-46(50)48-36-52-49(37-51(48)55)54-47-28-18-17-27-45(47)41(34-53(54)56(52,3)4)30-29-40(39-21-11-6-12-22-39)33-38-19-9-5-10-20-38/h5-28,31-32,34-37,40H,29-30,33H2,1-4H3. The van der Waals surface area contributed by atoms with Crippen molar-refractivity contribution >= 4 is 27.8 Å². The van der Waals surface area contributed by atoms with Crippen LogP contribution in [0.15, 0.2) is 182 Å². The van der Waals surface area contributed by atoms with Crippen LogP contribution in [0.3, 0.4) is 0 Å². The van der Waals surface area contributed by atoms with Crippen LogP contribution in [0.1, 0.15) is 79.0 Å². The first-order valence-corrected chi connectivity index (χ1v) is 20.7. The highest BCUT2D eigenvalue weighted by atomic mass is 15.1. The van der Waals surface area contributed by atoms with Gasteiger partial charge < -0.3 is 4.90 Å². The van der Waals surface area contributed by atoms with Crippen LogP contribution in [0.5, 0.6) is 0 Å². The first kappa shape index (κ1) is 35.2. The molecule has 1 atom stereocenters. The molecule has 0 spiro atoms. The molecule has 8 aromatic rings. The molecule has 0 bridgehead atoms. The normalized spacial score (nSPS) is 14.7. The summed E-state index contributed by atoms with van der Waals surface area (Å²) in [6.07, 6.45) is 3.18. The monoisotopic (exact) mass is 735 g/mol. The topological polar surface area (TPSA) is 3.24 Å². The Morgan fingerprint density at radius 3 is 1.63 bits per heavy atom. The second-order valence-corrected chi connectivity index (χ2v) is 17.3. The molecule has 0 aliphatic heterocycles. The number of nitrogens with zero attached hydrogens (tertiary/aromatic N) is 1. The fraction of sp³-hybridized carbons (Fsp3) is 0.179. The summed E-state index contributed by atoms with van der Waals surface area (Å²) < 4.78 is 0. The van der Waals surface area contributed by atoms with Crippen molar-refractivity contribution in [1.82, 2.24) is 0 Å². The molecule has 0 fully saturated rings. The summed E-state index contributed by atoms with van der Waals surface area (Å²) in [7, 11) is 0. The summed E-state index contributed by atoms with van der Waals surface area (Å²) in [6.45, 7) is 9.74. The van der Waals surface area contributed by atoms with Crippen molar-refractivity contribution in [2.75, 3.05) is 4.90 Å². The van der Waals surface area contributed by atoms with Crippen LogP contribution < -0.4 is 4.90 Å². The van der Waals surface area contributed by atoms with Gasteiger partial charge in [-0.2, -0.15) is 0 Å². The number of rotatable bonds is 9. The fourth-order valence-corrected chi connectivity index (χ4v) is 10.2. The van der Waals surface area contributed by atoms with Gasteiger partial charge in [0.15, 0.2) is 0 Å². The molecule has 0 saturated heterocycles. The van der Waals surface area contributed by atoms with Gasteiger partial charge in [0.2, 0.25) is 0 Å². The number of para-hydroxylation sites is 2. The zero-order valence-electron chi connectivity index (χ0n) is 33.5. The van der Waals surface area contributed by atoms with Gasteiger partial charge in [-0.3, -0.25) is 0 Å². The smallest absolute Gasteiger partial charge is 0.0465 e. The average Bonchev–Trinajstić information content (AvgIpc) is 3.61. The van der Waals surface area contributed by atoms with Crippen molar-refractivity contribution in [1.29, 1.82) is 0 Å². The van der Waals surface area contributed by atoms with Gasteiger partial charge in [-0.15, -0.1) is 0 Å². The number of benzene rings is 8. The van der Waals surface area contributed by atoms with Gasteiger partial charge in [-0.1, -0.05) is 161 Å².